The fourth-order valence-electron chi connectivity index (χ4n) is 2.09. The Bertz CT molecular complexity index is 610. The third-order valence-electron chi connectivity index (χ3n) is 2.82. The lowest BCUT2D eigenvalue weighted by Gasteiger charge is -2.14. The second-order valence-electron chi connectivity index (χ2n) is 4.34. The molecule has 0 aliphatic heterocycles. The third kappa shape index (κ3) is 3.03. The number of fused-ring (bicyclic) bond motifs is 1. The molecule has 1 unspecified atom stereocenters. The summed E-state index contributed by atoms with van der Waals surface area (Å²) < 4.78 is 18.7. The maximum absolute atomic E-state index is 12.3. The first-order valence-electron chi connectivity index (χ1n) is 5.90. The maximum Gasteiger partial charge on any atom is 0.204 e. The van der Waals surface area contributed by atoms with Crippen LogP contribution in [0.15, 0.2) is 40.9 Å². The predicted molar refractivity (Wildman–Crippen MR) is 80.5 cm³/mol. The van der Waals surface area contributed by atoms with Crippen LogP contribution in [-0.4, -0.2) is 13.3 Å². The monoisotopic (exact) mass is 326 g/mol. The highest BCUT2D eigenvalue weighted by Gasteiger charge is 2.17. The van der Waals surface area contributed by atoms with Crippen molar-refractivity contribution >= 4 is 34.1 Å². The second kappa shape index (κ2) is 5.56. The molecule has 0 saturated carbocycles. The van der Waals surface area contributed by atoms with Gasteiger partial charge in [-0.1, -0.05) is 46.3 Å². The largest absolute Gasteiger partial charge is 0.329 e. The van der Waals surface area contributed by atoms with Gasteiger partial charge in [-0.25, -0.2) is 0 Å². The highest BCUT2D eigenvalue weighted by atomic mass is 79.9. The summed E-state index contributed by atoms with van der Waals surface area (Å²) in [5.74, 6) is 0. The van der Waals surface area contributed by atoms with Crippen molar-refractivity contribution in [2.75, 3.05) is 13.3 Å². The molecule has 0 heterocycles. The Morgan fingerprint density at radius 2 is 1.83 bits per heavy atom. The Balaban J connectivity index is 2.46. The van der Waals surface area contributed by atoms with Crippen LogP contribution in [0.25, 0.3) is 10.8 Å². The van der Waals surface area contributed by atoms with Gasteiger partial charge in [0.2, 0.25) is 7.37 Å². The second-order valence-corrected chi connectivity index (χ2v) is 7.80. The van der Waals surface area contributed by atoms with E-state index < -0.39 is 7.37 Å². The van der Waals surface area contributed by atoms with Gasteiger partial charge in [0.05, 0.1) is 12.8 Å². The van der Waals surface area contributed by atoms with Gasteiger partial charge in [-0.15, -0.1) is 0 Å². The van der Waals surface area contributed by atoms with E-state index in [1.807, 2.05) is 31.2 Å². The zero-order chi connectivity index (χ0) is 13.2. The predicted octanol–water partition coefficient (Wildman–Crippen LogP) is 5.05. The maximum atomic E-state index is 12.3. The number of rotatable bonds is 4. The van der Waals surface area contributed by atoms with Crippen molar-refractivity contribution in [3.8, 4) is 0 Å². The molecule has 0 fully saturated rings. The van der Waals surface area contributed by atoms with E-state index in [-0.39, 0.29) is 0 Å². The summed E-state index contributed by atoms with van der Waals surface area (Å²) in [5, 5.41) is 2.28. The molecule has 18 heavy (non-hydrogen) atoms. The van der Waals surface area contributed by atoms with Crippen molar-refractivity contribution in [3.05, 3.63) is 46.4 Å². The number of hydrogen-bond acceptors (Lipinski definition) is 2. The molecule has 2 aromatic carbocycles. The average molecular weight is 327 g/mol. The minimum atomic E-state index is -2.55. The minimum absolute atomic E-state index is 0.481. The number of halogens is 1. The van der Waals surface area contributed by atoms with Crippen LogP contribution >= 0.6 is 23.3 Å². The van der Waals surface area contributed by atoms with E-state index in [0.29, 0.717) is 12.8 Å². The molecule has 0 radical (unpaired) electrons. The van der Waals surface area contributed by atoms with Crippen molar-refractivity contribution < 1.29 is 9.09 Å². The normalized spacial score (nSPS) is 14.6. The molecule has 0 aliphatic carbocycles. The molecule has 4 heteroatoms. The molecule has 0 saturated heterocycles. The fraction of sp³-hybridized carbons (Fsp3) is 0.286. The van der Waals surface area contributed by atoms with Gasteiger partial charge >= 0.3 is 0 Å². The van der Waals surface area contributed by atoms with Crippen LogP contribution in [0.1, 0.15) is 12.5 Å². The summed E-state index contributed by atoms with van der Waals surface area (Å²) in [4.78, 5) is 0. The van der Waals surface area contributed by atoms with Crippen LogP contribution in [-0.2, 0) is 15.3 Å². The van der Waals surface area contributed by atoms with E-state index in [2.05, 4.69) is 28.1 Å². The summed E-state index contributed by atoms with van der Waals surface area (Å²) >= 11 is 3.54. The molecule has 0 amide bonds. The lowest BCUT2D eigenvalue weighted by molar-refractivity contribution is 0.336. The van der Waals surface area contributed by atoms with Gasteiger partial charge < -0.3 is 4.52 Å². The van der Waals surface area contributed by atoms with Crippen LogP contribution in [0, 0.1) is 0 Å². The van der Waals surface area contributed by atoms with Gasteiger partial charge in [0, 0.05) is 11.1 Å². The minimum Gasteiger partial charge on any atom is -0.329 e. The smallest absolute Gasteiger partial charge is 0.204 e. The van der Waals surface area contributed by atoms with Gasteiger partial charge in [-0.2, -0.15) is 0 Å². The molecule has 0 aliphatic rings. The molecule has 2 nitrogen and oxygen atoms in total. The van der Waals surface area contributed by atoms with Crippen molar-refractivity contribution in [2.45, 2.75) is 13.1 Å². The van der Waals surface area contributed by atoms with Crippen LogP contribution in [0.4, 0.5) is 0 Å². The van der Waals surface area contributed by atoms with E-state index in [0.717, 1.165) is 20.8 Å². The van der Waals surface area contributed by atoms with Crippen LogP contribution in [0.2, 0.25) is 0 Å². The van der Waals surface area contributed by atoms with Crippen molar-refractivity contribution in [3.63, 3.8) is 0 Å². The van der Waals surface area contributed by atoms with Crippen molar-refractivity contribution in [2.24, 2.45) is 0 Å². The Morgan fingerprint density at radius 3 is 2.50 bits per heavy atom. The molecule has 2 aromatic rings. The first-order valence-corrected chi connectivity index (χ1v) is 8.96. The quantitative estimate of drug-likeness (QED) is 0.735. The van der Waals surface area contributed by atoms with Crippen molar-refractivity contribution in [1.29, 1.82) is 0 Å². The average Bonchev–Trinajstić information content (AvgIpc) is 2.33. The number of hydrogen-bond donors (Lipinski definition) is 0. The first kappa shape index (κ1) is 13.8. The van der Waals surface area contributed by atoms with Gasteiger partial charge in [-0.3, -0.25) is 4.57 Å². The van der Waals surface area contributed by atoms with Crippen LogP contribution in [0.3, 0.4) is 0 Å². The SMILES string of the molecule is CCOP(C)(=O)Cc1ccc(Br)c2ccccc12. The molecule has 0 aromatic heterocycles. The molecular formula is C14H16BrO2P. The van der Waals surface area contributed by atoms with Gasteiger partial charge in [0.1, 0.15) is 0 Å². The van der Waals surface area contributed by atoms with Crippen molar-refractivity contribution in [1.82, 2.24) is 0 Å². The summed E-state index contributed by atoms with van der Waals surface area (Å²) in [6, 6.07) is 12.1. The topological polar surface area (TPSA) is 26.3 Å². The summed E-state index contributed by atoms with van der Waals surface area (Å²) in [5.41, 5.74) is 1.08. The first-order chi connectivity index (χ1) is 8.53. The van der Waals surface area contributed by atoms with E-state index in [1.165, 1.54) is 0 Å². The summed E-state index contributed by atoms with van der Waals surface area (Å²) in [7, 11) is -2.55. The Labute approximate surface area is 116 Å². The Morgan fingerprint density at radius 1 is 1.17 bits per heavy atom. The lowest BCUT2D eigenvalue weighted by Crippen LogP contribution is -1.94. The molecular weight excluding hydrogens is 311 g/mol. The van der Waals surface area contributed by atoms with E-state index in [9.17, 15) is 4.57 Å². The van der Waals surface area contributed by atoms with Gasteiger partial charge in [0.25, 0.3) is 0 Å². The Kier molecular flexibility index (Phi) is 4.26. The summed E-state index contributed by atoms with van der Waals surface area (Å²) in [6.45, 7) is 4.06. The zero-order valence-electron chi connectivity index (χ0n) is 10.5. The van der Waals surface area contributed by atoms with Gasteiger partial charge in [-0.05, 0) is 29.3 Å². The number of benzene rings is 2. The molecule has 2 rings (SSSR count). The standard InChI is InChI=1S/C14H16BrO2P/c1-3-17-18(2,16)10-11-8-9-14(15)13-7-5-4-6-12(11)13/h4-9H,3,10H2,1-2H3. The highest BCUT2D eigenvalue weighted by molar-refractivity contribution is 9.10. The molecule has 96 valence electrons. The highest BCUT2D eigenvalue weighted by Crippen LogP contribution is 2.47. The summed E-state index contributed by atoms with van der Waals surface area (Å²) in [6.07, 6.45) is 0.481. The zero-order valence-corrected chi connectivity index (χ0v) is 13.0. The van der Waals surface area contributed by atoms with E-state index in [1.54, 1.807) is 6.66 Å². The third-order valence-corrected chi connectivity index (χ3v) is 5.23. The molecule has 1 atom stereocenters. The van der Waals surface area contributed by atoms with E-state index >= 15 is 0 Å². The van der Waals surface area contributed by atoms with Crippen LogP contribution < -0.4 is 0 Å². The molecule has 0 spiro atoms. The Hall–Kier alpha value is -0.630. The fourth-order valence-corrected chi connectivity index (χ4v) is 4.10. The van der Waals surface area contributed by atoms with Crippen LogP contribution in [0.5, 0.6) is 0 Å². The molecule has 0 N–H and O–H groups in total. The lowest BCUT2D eigenvalue weighted by atomic mass is 10.1. The van der Waals surface area contributed by atoms with E-state index in [4.69, 9.17) is 4.52 Å². The molecule has 0 bridgehead atoms. The van der Waals surface area contributed by atoms with Gasteiger partial charge in [0.15, 0.2) is 0 Å².